The second-order valence-electron chi connectivity index (χ2n) is 5.54. The van der Waals surface area contributed by atoms with Crippen molar-refractivity contribution in [2.24, 2.45) is 0 Å². The van der Waals surface area contributed by atoms with E-state index in [1.807, 2.05) is 18.3 Å². The predicted molar refractivity (Wildman–Crippen MR) is 83.2 cm³/mol. The van der Waals surface area contributed by atoms with E-state index in [4.69, 9.17) is 0 Å². The van der Waals surface area contributed by atoms with Gasteiger partial charge in [0.25, 0.3) is 0 Å². The molecule has 21 heavy (non-hydrogen) atoms. The third-order valence-corrected chi connectivity index (χ3v) is 4.21. The molecule has 0 saturated heterocycles. The quantitative estimate of drug-likeness (QED) is 0.906. The van der Waals surface area contributed by atoms with Gasteiger partial charge in [0.15, 0.2) is 0 Å². The van der Waals surface area contributed by atoms with Gasteiger partial charge in [-0.15, -0.1) is 0 Å². The Morgan fingerprint density at radius 3 is 3.14 bits per heavy atom. The first-order valence-electron chi connectivity index (χ1n) is 7.66. The summed E-state index contributed by atoms with van der Waals surface area (Å²) in [6, 6.07) is 8.01. The van der Waals surface area contributed by atoms with Crippen LogP contribution in [0.5, 0.6) is 0 Å². The Morgan fingerprint density at radius 2 is 2.29 bits per heavy atom. The zero-order chi connectivity index (χ0) is 14.7. The van der Waals surface area contributed by atoms with Gasteiger partial charge in [-0.1, -0.05) is 19.1 Å². The summed E-state index contributed by atoms with van der Waals surface area (Å²) in [6.45, 7) is 2.93. The molecule has 0 amide bonds. The van der Waals surface area contributed by atoms with Gasteiger partial charge in [-0.3, -0.25) is 9.78 Å². The third-order valence-electron chi connectivity index (χ3n) is 4.21. The molecule has 110 valence electrons. The molecule has 0 spiro atoms. The van der Waals surface area contributed by atoms with Crippen LogP contribution in [0.25, 0.3) is 0 Å². The summed E-state index contributed by atoms with van der Waals surface area (Å²) < 4.78 is 0. The van der Waals surface area contributed by atoms with Crippen molar-refractivity contribution in [3.05, 3.63) is 63.3 Å². The van der Waals surface area contributed by atoms with Gasteiger partial charge < -0.3 is 10.3 Å². The molecule has 0 aliphatic heterocycles. The van der Waals surface area contributed by atoms with Gasteiger partial charge in [0.2, 0.25) is 5.56 Å². The lowest BCUT2D eigenvalue weighted by Crippen LogP contribution is -2.27. The minimum absolute atomic E-state index is 0.00704. The number of nitrogens with one attached hydrogen (secondary N) is 2. The van der Waals surface area contributed by atoms with E-state index in [2.05, 4.69) is 28.3 Å². The molecule has 2 heterocycles. The van der Waals surface area contributed by atoms with Crippen LogP contribution in [-0.4, -0.2) is 9.97 Å². The smallest absolute Gasteiger partial charge is 0.248 e. The van der Waals surface area contributed by atoms with E-state index < -0.39 is 0 Å². The van der Waals surface area contributed by atoms with Crippen molar-refractivity contribution < 1.29 is 0 Å². The first-order chi connectivity index (χ1) is 10.3. The lowest BCUT2D eigenvalue weighted by molar-refractivity contribution is 0.450. The molecule has 0 fully saturated rings. The molecule has 2 N–H and O–H groups in total. The fourth-order valence-electron chi connectivity index (χ4n) is 3.08. The molecule has 2 aromatic rings. The fraction of sp³-hybridized carbons (Fsp3) is 0.412. The molecule has 4 heteroatoms. The van der Waals surface area contributed by atoms with Crippen molar-refractivity contribution in [3.63, 3.8) is 0 Å². The van der Waals surface area contributed by atoms with Crippen LogP contribution in [0.2, 0.25) is 0 Å². The number of aromatic amines is 1. The standard InChI is InChI=1S/C17H21N3O/c1-2-12-5-4-10-18-16(12)11-19-14-6-3-7-15-13(14)8-9-17(21)20-15/h4-5,8-10,14,19H,2-3,6-7,11H2,1H3,(H,20,21). The lowest BCUT2D eigenvalue weighted by atomic mass is 9.91. The highest BCUT2D eigenvalue weighted by Crippen LogP contribution is 2.27. The molecule has 1 unspecified atom stereocenters. The molecule has 4 nitrogen and oxygen atoms in total. The summed E-state index contributed by atoms with van der Waals surface area (Å²) in [4.78, 5) is 18.9. The highest BCUT2D eigenvalue weighted by atomic mass is 16.1. The Hall–Kier alpha value is -1.94. The second-order valence-corrected chi connectivity index (χ2v) is 5.54. The van der Waals surface area contributed by atoms with Crippen LogP contribution >= 0.6 is 0 Å². The first kappa shape index (κ1) is 14.0. The topological polar surface area (TPSA) is 57.8 Å². The van der Waals surface area contributed by atoms with Crippen LogP contribution in [0.4, 0.5) is 0 Å². The van der Waals surface area contributed by atoms with Crippen LogP contribution in [-0.2, 0) is 19.4 Å². The van der Waals surface area contributed by atoms with Crippen LogP contribution in [0, 0.1) is 0 Å². The van der Waals surface area contributed by atoms with E-state index in [0.29, 0.717) is 6.04 Å². The Labute approximate surface area is 124 Å². The number of aryl methyl sites for hydroxylation is 2. The zero-order valence-corrected chi connectivity index (χ0v) is 12.4. The summed E-state index contributed by atoms with van der Waals surface area (Å²) in [7, 11) is 0. The molecule has 0 aromatic carbocycles. The number of fused-ring (bicyclic) bond motifs is 1. The van der Waals surface area contributed by atoms with Gasteiger partial charge in [-0.2, -0.15) is 0 Å². The minimum Gasteiger partial charge on any atom is -0.326 e. The molecule has 0 saturated carbocycles. The summed E-state index contributed by atoms with van der Waals surface area (Å²) in [5, 5.41) is 3.60. The number of hydrogen-bond acceptors (Lipinski definition) is 3. The number of nitrogens with zero attached hydrogens (tertiary/aromatic N) is 1. The maximum absolute atomic E-state index is 11.4. The number of hydrogen-bond donors (Lipinski definition) is 2. The molecule has 0 radical (unpaired) electrons. The zero-order valence-electron chi connectivity index (χ0n) is 12.4. The summed E-state index contributed by atoms with van der Waals surface area (Å²) in [5.74, 6) is 0. The average Bonchev–Trinajstić information content (AvgIpc) is 2.52. The van der Waals surface area contributed by atoms with Gasteiger partial charge in [-0.25, -0.2) is 0 Å². The molecule has 1 aliphatic rings. The minimum atomic E-state index is -0.00704. The SMILES string of the molecule is CCc1cccnc1CNC1CCCc2[nH]c(=O)ccc21. The van der Waals surface area contributed by atoms with Gasteiger partial charge in [0, 0.05) is 30.5 Å². The average molecular weight is 283 g/mol. The van der Waals surface area contributed by atoms with Crippen LogP contribution in [0.15, 0.2) is 35.3 Å². The highest BCUT2D eigenvalue weighted by molar-refractivity contribution is 5.27. The number of rotatable bonds is 4. The Bertz CT molecular complexity index is 678. The van der Waals surface area contributed by atoms with Gasteiger partial charge in [0.1, 0.15) is 0 Å². The number of H-pyrrole nitrogens is 1. The van der Waals surface area contributed by atoms with Crippen molar-refractivity contribution in [2.75, 3.05) is 0 Å². The lowest BCUT2D eigenvalue weighted by Gasteiger charge is -2.26. The molecule has 3 rings (SSSR count). The number of pyridine rings is 2. The van der Waals surface area contributed by atoms with E-state index in [-0.39, 0.29) is 5.56 Å². The number of aromatic nitrogens is 2. The van der Waals surface area contributed by atoms with Gasteiger partial charge in [-0.05, 0) is 42.9 Å². The highest BCUT2D eigenvalue weighted by Gasteiger charge is 2.20. The Kier molecular flexibility index (Phi) is 4.15. The summed E-state index contributed by atoms with van der Waals surface area (Å²) >= 11 is 0. The van der Waals surface area contributed by atoms with E-state index >= 15 is 0 Å². The van der Waals surface area contributed by atoms with E-state index in [0.717, 1.165) is 43.6 Å². The monoisotopic (exact) mass is 283 g/mol. The van der Waals surface area contributed by atoms with Gasteiger partial charge >= 0.3 is 0 Å². The summed E-state index contributed by atoms with van der Waals surface area (Å²) in [5.41, 5.74) is 4.73. The van der Waals surface area contributed by atoms with Crippen LogP contribution in [0.3, 0.4) is 0 Å². The largest absolute Gasteiger partial charge is 0.326 e. The van der Waals surface area contributed by atoms with Crippen molar-refractivity contribution in [1.29, 1.82) is 0 Å². The maximum Gasteiger partial charge on any atom is 0.248 e. The van der Waals surface area contributed by atoms with E-state index in [1.54, 1.807) is 6.07 Å². The molecule has 1 atom stereocenters. The van der Waals surface area contributed by atoms with Crippen molar-refractivity contribution in [1.82, 2.24) is 15.3 Å². The summed E-state index contributed by atoms with van der Waals surface area (Å²) in [6.07, 6.45) is 6.02. The van der Waals surface area contributed by atoms with E-state index in [9.17, 15) is 4.79 Å². The van der Waals surface area contributed by atoms with Crippen LogP contribution in [0.1, 0.15) is 48.3 Å². The predicted octanol–water partition coefficient (Wildman–Crippen LogP) is 2.50. The normalized spacial score (nSPS) is 17.5. The molecule has 0 bridgehead atoms. The van der Waals surface area contributed by atoms with Crippen molar-refractivity contribution >= 4 is 0 Å². The molecule has 2 aromatic heterocycles. The van der Waals surface area contributed by atoms with Crippen LogP contribution < -0.4 is 10.9 Å². The molecule has 1 aliphatic carbocycles. The van der Waals surface area contributed by atoms with E-state index in [1.165, 1.54) is 11.1 Å². The van der Waals surface area contributed by atoms with Gasteiger partial charge in [0.05, 0.1) is 5.69 Å². The third kappa shape index (κ3) is 3.05. The Morgan fingerprint density at radius 1 is 1.38 bits per heavy atom. The second kappa shape index (κ2) is 6.22. The first-order valence-corrected chi connectivity index (χ1v) is 7.66. The Balaban J connectivity index is 1.76. The molecular formula is C17H21N3O. The fourth-order valence-corrected chi connectivity index (χ4v) is 3.08. The maximum atomic E-state index is 11.4. The molecular weight excluding hydrogens is 262 g/mol. The van der Waals surface area contributed by atoms with Crippen molar-refractivity contribution in [3.8, 4) is 0 Å². The van der Waals surface area contributed by atoms with Crippen molar-refractivity contribution in [2.45, 2.75) is 45.2 Å².